The van der Waals surface area contributed by atoms with Gasteiger partial charge in [-0.15, -0.1) is 0 Å². The van der Waals surface area contributed by atoms with Crippen LogP contribution in [0.4, 0.5) is 0 Å². The summed E-state index contributed by atoms with van der Waals surface area (Å²) in [6.45, 7) is 31.3. The van der Waals surface area contributed by atoms with Crippen LogP contribution in [-0.4, -0.2) is 34.6 Å². The van der Waals surface area contributed by atoms with Crippen molar-refractivity contribution < 1.29 is 14.2 Å². The van der Waals surface area contributed by atoms with Crippen molar-refractivity contribution in [2.45, 2.75) is 168 Å². The molecule has 0 bridgehead atoms. The van der Waals surface area contributed by atoms with Crippen LogP contribution in [0, 0.1) is 23.7 Å². The van der Waals surface area contributed by atoms with Gasteiger partial charge in [-0.3, -0.25) is 0 Å². The maximum Gasteiger partial charge on any atom is 0.0922 e. The molecule has 0 aromatic rings. The molecular formula is C34H60O3. The second kappa shape index (κ2) is 11.5. The Kier molecular flexibility index (Phi) is 9.57. The van der Waals surface area contributed by atoms with Gasteiger partial charge in [-0.2, -0.15) is 0 Å². The van der Waals surface area contributed by atoms with Crippen LogP contribution < -0.4 is 0 Å². The second-order valence-electron chi connectivity index (χ2n) is 14.6. The molecule has 214 valence electrons. The van der Waals surface area contributed by atoms with Gasteiger partial charge in [0.1, 0.15) is 0 Å². The molecule has 3 rings (SSSR count). The molecule has 0 aliphatic carbocycles. The van der Waals surface area contributed by atoms with Crippen molar-refractivity contribution in [3.8, 4) is 0 Å². The highest BCUT2D eigenvalue weighted by Crippen LogP contribution is 2.51. The van der Waals surface area contributed by atoms with Gasteiger partial charge >= 0.3 is 0 Å². The molecule has 3 heterocycles. The van der Waals surface area contributed by atoms with Gasteiger partial charge in [-0.05, 0) is 129 Å². The highest BCUT2D eigenvalue weighted by Gasteiger charge is 2.55. The number of hydrogen-bond donors (Lipinski definition) is 0. The minimum absolute atomic E-state index is 0.114. The first kappa shape index (κ1) is 30.9. The third kappa shape index (κ3) is 6.75. The maximum atomic E-state index is 7.10. The smallest absolute Gasteiger partial charge is 0.0922 e. The number of rotatable bonds is 10. The molecule has 0 saturated carbocycles. The Morgan fingerprint density at radius 2 is 1.05 bits per heavy atom. The van der Waals surface area contributed by atoms with E-state index in [-0.39, 0.29) is 34.6 Å². The normalized spacial score (nSPS) is 44.4. The molecule has 0 amide bonds. The van der Waals surface area contributed by atoms with Crippen LogP contribution in [-0.2, 0) is 14.2 Å². The minimum Gasteiger partial charge on any atom is -0.369 e. The molecule has 10 atom stereocenters. The fourth-order valence-electron chi connectivity index (χ4n) is 7.07. The Morgan fingerprint density at radius 3 is 1.38 bits per heavy atom. The average molecular weight is 517 g/mol. The first-order chi connectivity index (χ1) is 17.0. The summed E-state index contributed by atoms with van der Waals surface area (Å²) in [5.41, 5.74) is 1.84. The largest absolute Gasteiger partial charge is 0.369 e. The summed E-state index contributed by atoms with van der Waals surface area (Å²) >= 11 is 0. The highest BCUT2D eigenvalue weighted by molar-refractivity contribution is 5.05. The summed E-state index contributed by atoms with van der Waals surface area (Å²) in [6.07, 6.45) is 11.4. The van der Waals surface area contributed by atoms with Crippen LogP contribution in [0.1, 0.15) is 133 Å². The Labute approximate surface area is 230 Å². The van der Waals surface area contributed by atoms with Gasteiger partial charge in [0.25, 0.3) is 0 Å². The topological polar surface area (TPSA) is 27.7 Å². The third-order valence-electron chi connectivity index (χ3n) is 11.4. The van der Waals surface area contributed by atoms with Crippen LogP contribution in [0.3, 0.4) is 0 Å². The van der Waals surface area contributed by atoms with Crippen LogP contribution in [0.25, 0.3) is 0 Å². The lowest BCUT2D eigenvalue weighted by Crippen LogP contribution is -2.57. The molecule has 0 radical (unpaired) electrons. The summed E-state index contributed by atoms with van der Waals surface area (Å²) in [5.74, 6) is 2.17. The van der Waals surface area contributed by atoms with Crippen molar-refractivity contribution in [1.82, 2.24) is 0 Å². The van der Waals surface area contributed by atoms with Gasteiger partial charge in [0.15, 0.2) is 0 Å². The molecule has 0 N–H and O–H groups in total. The number of hydrogen-bond acceptors (Lipinski definition) is 3. The fourth-order valence-corrected chi connectivity index (χ4v) is 7.07. The first-order valence-corrected chi connectivity index (χ1v) is 15.4. The van der Waals surface area contributed by atoms with E-state index >= 15 is 0 Å². The molecule has 37 heavy (non-hydrogen) atoms. The molecule has 3 saturated heterocycles. The molecule has 0 aromatic heterocycles. The summed E-state index contributed by atoms with van der Waals surface area (Å²) < 4.78 is 21.1. The van der Waals surface area contributed by atoms with Gasteiger partial charge in [0.2, 0.25) is 0 Å². The Hall–Kier alpha value is -0.640. The van der Waals surface area contributed by atoms with E-state index in [1.165, 1.54) is 24.0 Å². The van der Waals surface area contributed by atoms with Crippen LogP contribution in [0.15, 0.2) is 24.3 Å². The van der Waals surface area contributed by atoms with E-state index in [1.807, 2.05) is 0 Å². The zero-order valence-electron chi connectivity index (χ0n) is 26.2. The Morgan fingerprint density at radius 1 is 0.703 bits per heavy atom. The predicted molar refractivity (Wildman–Crippen MR) is 157 cm³/mol. The first-order valence-electron chi connectivity index (χ1n) is 15.4. The zero-order valence-corrected chi connectivity index (χ0v) is 26.2. The van der Waals surface area contributed by atoms with Crippen molar-refractivity contribution >= 4 is 0 Å². The van der Waals surface area contributed by atoms with E-state index in [0.29, 0.717) is 23.7 Å². The molecule has 3 heteroatoms. The number of allylic oxidation sites excluding steroid dienone is 2. The SMILES string of the molecule is C=C(C)[C@H](C)CC[C@]1(C)O[C@@](C)([C@H]2CC[C@H]([C@]3(C)CC[C@@H](C)[C@](C)(CC[C@@H](C)C(=C)C)O3)O2)CC[C@H]1C. The molecule has 0 aromatic carbocycles. The van der Waals surface area contributed by atoms with Gasteiger partial charge < -0.3 is 14.2 Å². The zero-order chi connectivity index (χ0) is 27.8. The van der Waals surface area contributed by atoms with Crippen molar-refractivity contribution in [2.24, 2.45) is 23.7 Å². The van der Waals surface area contributed by atoms with E-state index in [9.17, 15) is 0 Å². The van der Waals surface area contributed by atoms with E-state index in [4.69, 9.17) is 14.2 Å². The maximum absolute atomic E-state index is 7.10. The van der Waals surface area contributed by atoms with E-state index in [1.54, 1.807) is 0 Å². The standard InChI is InChI=1S/C34H60O3/c1-23(2)25(5)15-19-31(9)27(7)17-21-33(11,36-31)29-13-14-30(35-29)34(12)22-18-28(8)32(10,37-34)20-16-26(6)24(3)4/h25-30H,1,3,13-22H2,2,4-12H3/t25-,26-,27-,28-,29-,30-,31+,32+,33-,34+/m1/s1. The molecule has 0 unspecified atom stereocenters. The Balaban J connectivity index is 1.67. The van der Waals surface area contributed by atoms with E-state index in [0.717, 1.165) is 51.4 Å². The predicted octanol–water partition coefficient (Wildman–Crippen LogP) is 9.45. The second-order valence-corrected chi connectivity index (χ2v) is 14.6. The van der Waals surface area contributed by atoms with Gasteiger partial charge in [0.05, 0.1) is 34.6 Å². The van der Waals surface area contributed by atoms with Crippen molar-refractivity contribution in [2.75, 3.05) is 0 Å². The van der Waals surface area contributed by atoms with E-state index < -0.39 is 0 Å². The molecule has 3 fully saturated rings. The van der Waals surface area contributed by atoms with Gasteiger partial charge in [0, 0.05) is 0 Å². The monoisotopic (exact) mass is 516 g/mol. The summed E-state index contributed by atoms with van der Waals surface area (Å²) in [6, 6.07) is 0. The molecule has 3 nitrogen and oxygen atoms in total. The quantitative estimate of drug-likeness (QED) is 0.271. The average Bonchev–Trinajstić information content (AvgIpc) is 3.34. The summed E-state index contributed by atoms with van der Waals surface area (Å²) in [7, 11) is 0. The lowest BCUT2D eigenvalue weighted by atomic mass is 9.73. The van der Waals surface area contributed by atoms with Crippen molar-refractivity contribution in [3.63, 3.8) is 0 Å². The van der Waals surface area contributed by atoms with Crippen LogP contribution >= 0.6 is 0 Å². The van der Waals surface area contributed by atoms with Crippen LogP contribution in [0.2, 0.25) is 0 Å². The molecule has 3 aliphatic heterocycles. The summed E-state index contributed by atoms with van der Waals surface area (Å²) in [5, 5.41) is 0. The van der Waals surface area contributed by atoms with Crippen molar-refractivity contribution in [3.05, 3.63) is 24.3 Å². The molecule has 0 spiro atoms. The minimum atomic E-state index is -0.235. The lowest BCUT2D eigenvalue weighted by Gasteiger charge is -2.53. The summed E-state index contributed by atoms with van der Waals surface area (Å²) in [4.78, 5) is 0. The van der Waals surface area contributed by atoms with Crippen LogP contribution in [0.5, 0.6) is 0 Å². The highest BCUT2D eigenvalue weighted by atomic mass is 16.6. The third-order valence-corrected chi connectivity index (χ3v) is 11.4. The lowest BCUT2D eigenvalue weighted by molar-refractivity contribution is -0.271. The fraction of sp³-hybridized carbons (Fsp3) is 0.882. The molecule has 3 aliphatic rings. The van der Waals surface area contributed by atoms with Gasteiger partial charge in [-0.1, -0.05) is 52.0 Å². The van der Waals surface area contributed by atoms with E-state index in [2.05, 4.69) is 82.4 Å². The van der Waals surface area contributed by atoms with Gasteiger partial charge in [-0.25, -0.2) is 0 Å². The Bertz CT molecular complexity index is 754. The number of ether oxygens (including phenoxy) is 3. The van der Waals surface area contributed by atoms with Crippen molar-refractivity contribution in [1.29, 1.82) is 0 Å². The molecular weight excluding hydrogens is 456 g/mol.